The Morgan fingerprint density at radius 2 is 2.00 bits per heavy atom. The van der Waals surface area contributed by atoms with Gasteiger partial charge in [-0.05, 0) is 37.4 Å². The highest BCUT2D eigenvalue weighted by atomic mass is 35.5. The van der Waals surface area contributed by atoms with Gasteiger partial charge in [0, 0.05) is 17.9 Å². The van der Waals surface area contributed by atoms with Crippen LogP contribution in [0.25, 0.3) is 5.95 Å². The minimum absolute atomic E-state index is 0.0321. The van der Waals surface area contributed by atoms with E-state index >= 15 is 0 Å². The van der Waals surface area contributed by atoms with Gasteiger partial charge < -0.3 is 5.32 Å². The molecule has 1 N–H and O–H groups in total. The Bertz CT molecular complexity index is 577. The number of hydrogen-bond acceptors (Lipinski definition) is 5. The summed E-state index contributed by atoms with van der Waals surface area (Å²) in [5.74, 6) is 0.941. The first kappa shape index (κ1) is 13.3. The lowest BCUT2D eigenvalue weighted by Gasteiger charge is -2.34. The second-order valence-corrected chi connectivity index (χ2v) is 5.76. The van der Waals surface area contributed by atoms with E-state index in [0.717, 1.165) is 12.8 Å². The van der Waals surface area contributed by atoms with Gasteiger partial charge in [0.1, 0.15) is 0 Å². The van der Waals surface area contributed by atoms with E-state index in [-0.39, 0.29) is 10.8 Å². The Kier molecular flexibility index (Phi) is 3.56. The van der Waals surface area contributed by atoms with E-state index in [4.69, 9.17) is 11.6 Å². The first-order chi connectivity index (χ1) is 9.65. The molecule has 0 radical (unpaired) electrons. The predicted octanol–water partition coefficient (Wildman–Crippen LogP) is 2.85. The summed E-state index contributed by atoms with van der Waals surface area (Å²) in [4.78, 5) is 12.7. The number of halogens is 1. The van der Waals surface area contributed by atoms with E-state index in [1.165, 1.54) is 19.3 Å². The molecule has 1 aliphatic rings. The summed E-state index contributed by atoms with van der Waals surface area (Å²) >= 11 is 5.99. The Balaban J connectivity index is 1.86. The van der Waals surface area contributed by atoms with Gasteiger partial charge in [-0.3, -0.25) is 0 Å². The van der Waals surface area contributed by atoms with Gasteiger partial charge >= 0.3 is 0 Å². The van der Waals surface area contributed by atoms with E-state index < -0.39 is 0 Å². The molecular weight excluding hydrogens is 276 g/mol. The molecule has 3 rings (SSSR count). The van der Waals surface area contributed by atoms with Crippen molar-refractivity contribution in [3.63, 3.8) is 0 Å². The number of nitrogens with one attached hydrogen (secondary N) is 1. The summed E-state index contributed by atoms with van der Waals surface area (Å²) in [6, 6.07) is 1.81. The predicted molar refractivity (Wildman–Crippen MR) is 77.1 cm³/mol. The zero-order valence-corrected chi connectivity index (χ0v) is 12.1. The monoisotopic (exact) mass is 292 g/mol. The van der Waals surface area contributed by atoms with Gasteiger partial charge in [0.15, 0.2) is 0 Å². The summed E-state index contributed by atoms with van der Waals surface area (Å²) in [7, 11) is 0. The van der Waals surface area contributed by atoms with Gasteiger partial charge in [0.25, 0.3) is 5.95 Å². The van der Waals surface area contributed by atoms with Crippen molar-refractivity contribution >= 4 is 17.5 Å². The van der Waals surface area contributed by atoms with Crippen LogP contribution in [0, 0.1) is 0 Å². The Hall–Kier alpha value is -1.69. The largest absolute Gasteiger partial charge is 0.349 e. The molecule has 0 aliphatic heterocycles. The van der Waals surface area contributed by atoms with Gasteiger partial charge in [-0.15, -0.1) is 0 Å². The summed E-state index contributed by atoms with van der Waals surface area (Å²) in [5, 5.41) is 7.70. The van der Waals surface area contributed by atoms with Crippen LogP contribution < -0.4 is 5.32 Å². The van der Waals surface area contributed by atoms with Crippen molar-refractivity contribution in [1.29, 1.82) is 0 Å². The lowest BCUT2D eigenvalue weighted by Crippen LogP contribution is -2.37. The highest BCUT2D eigenvalue weighted by molar-refractivity contribution is 6.28. The van der Waals surface area contributed by atoms with E-state index in [1.807, 2.05) is 6.07 Å². The van der Waals surface area contributed by atoms with Gasteiger partial charge in [-0.2, -0.15) is 20.1 Å². The normalized spacial score (nSPS) is 17.9. The lowest BCUT2D eigenvalue weighted by atomic mass is 9.83. The number of hydrogen-bond donors (Lipinski definition) is 1. The van der Waals surface area contributed by atoms with Crippen LogP contribution in [0.3, 0.4) is 0 Å². The van der Waals surface area contributed by atoms with Crippen LogP contribution in [0.2, 0.25) is 5.28 Å². The third kappa shape index (κ3) is 2.90. The summed E-state index contributed by atoms with van der Waals surface area (Å²) in [5.41, 5.74) is 0.0321. The standard InChI is InChI=1S/C13H17ClN6/c1-13(6-3-2-4-7-13)19-11-16-10(14)17-12(18-11)20-9-5-8-15-20/h5,8-9H,2-4,6-7H2,1H3,(H,16,17,18,19). The van der Waals surface area contributed by atoms with Crippen molar-refractivity contribution < 1.29 is 0 Å². The van der Waals surface area contributed by atoms with Crippen LogP contribution in [-0.4, -0.2) is 30.3 Å². The summed E-state index contributed by atoms with van der Waals surface area (Å²) < 4.78 is 1.57. The van der Waals surface area contributed by atoms with E-state index in [2.05, 4.69) is 32.3 Å². The minimum Gasteiger partial charge on any atom is -0.349 e. The number of aromatic nitrogens is 5. The highest BCUT2D eigenvalue weighted by Crippen LogP contribution is 2.30. The number of anilines is 1. The number of rotatable bonds is 3. The van der Waals surface area contributed by atoms with Crippen LogP contribution in [0.15, 0.2) is 18.5 Å². The molecule has 1 aliphatic carbocycles. The molecule has 106 valence electrons. The molecule has 0 aromatic carbocycles. The first-order valence-corrected chi connectivity index (χ1v) is 7.22. The fourth-order valence-corrected chi connectivity index (χ4v) is 2.77. The van der Waals surface area contributed by atoms with Gasteiger partial charge in [0.05, 0.1) is 0 Å². The zero-order chi connectivity index (χ0) is 14.0. The highest BCUT2D eigenvalue weighted by Gasteiger charge is 2.27. The molecule has 20 heavy (non-hydrogen) atoms. The topological polar surface area (TPSA) is 68.5 Å². The van der Waals surface area contributed by atoms with Crippen molar-refractivity contribution in [2.75, 3.05) is 5.32 Å². The maximum absolute atomic E-state index is 5.99. The average molecular weight is 293 g/mol. The summed E-state index contributed by atoms with van der Waals surface area (Å²) in [6.07, 6.45) is 9.45. The molecule has 0 atom stereocenters. The van der Waals surface area contributed by atoms with E-state index in [0.29, 0.717) is 11.9 Å². The van der Waals surface area contributed by atoms with Crippen LogP contribution in [0.5, 0.6) is 0 Å². The Morgan fingerprint density at radius 3 is 2.70 bits per heavy atom. The number of nitrogens with zero attached hydrogens (tertiary/aromatic N) is 5. The third-order valence-corrected chi connectivity index (χ3v) is 3.85. The molecule has 0 amide bonds. The molecular formula is C13H17ClN6. The van der Waals surface area contributed by atoms with Gasteiger partial charge in [0.2, 0.25) is 11.2 Å². The SMILES string of the molecule is CC1(Nc2nc(Cl)nc(-n3cccn3)n2)CCCCC1. The van der Waals surface area contributed by atoms with Crippen LogP contribution in [-0.2, 0) is 0 Å². The molecule has 2 aromatic rings. The average Bonchev–Trinajstić information content (AvgIpc) is 2.92. The van der Waals surface area contributed by atoms with Crippen molar-refractivity contribution in [2.45, 2.75) is 44.6 Å². The molecule has 1 saturated carbocycles. The lowest BCUT2D eigenvalue weighted by molar-refractivity contribution is 0.347. The maximum atomic E-state index is 5.99. The Labute approximate surface area is 122 Å². The zero-order valence-electron chi connectivity index (χ0n) is 11.4. The van der Waals surface area contributed by atoms with Crippen LogP contribution in [0.1, 0.15) is 39.0 Å². The van der Waals surface area contributed by atoms with E-state index in [1.54, 1.807) is 17.1 Å². The van der Waals surface area contributed by atoms with Crippen molar-refractivity contribution in [2.24, 2.45) is 0 Å². The molecule has 0 bridgehead atoms. The van der Waals surface area contributed by atoms with Crippen molar-refractivity contribution in [3.05, 3.63) is 23.7 Å². The molecule has 7 heteroatoms. The quantitative estimate of drug-likeness (QED) is 0.942. The molecule has 2 heterocycles. The van der Waals surface area contributed by atoms with Crippen molar-refractivity contribution in [3.8, 4) is 5.95 Å². The Morgan fingerprint density at radius 1 is 1.20 bits per heavy atom. The van der Waals surface area contributed by atoms with Crippen LogP contribution in [0.4, 0.5) is 5.95 Å². The van der Waals surface area contributed by atoms with Gasteiger partial charge in [-0.1, -0.05) is 19.3 Å². The van der Waals surface area contributed by atoms with Crippen LogP contribution >= 0.6 is 11.6 Å². The molecule has 0 unspecified atom stereocenters. The summed E-state index contributed by atoms with van der Waals surface area (Å²) in [6.45, 7) is 2.21. The maximum Gasteiger partial charge on any atom is 0.256 e. The second kappa shape index (κ2) is 5.36. The fourth-order valence-electron chi connectivity index (χ4n) is 2.61. The van der Waals surface area contributed by atoms with Gasteiger partial charge in [-0.25, -0.2) is 4.68 Å². The molecule has 2 aromatic heterocycles. The second-order valence-electron chi connectivity index (χ2n) is 5.43. The molecule has 1 fully saturated rings. The fraction of sp³-hybridized carbons (Fsp3) is 0.538. The van der Waals surface area contributed by atoms with E-state index in [9.17, 15) is 0 Å². The molecule has 0 spiro atoms. The molecule has 0 saturated heterocycles. The molecule has 6 nitrogen and oxygen atoms in total. The third-order valence-electron chi connectivity index (χ3n) is 3.68. The minimum atomic E-state index is 0.0321. The van der Waals surface area contributed by atoms with Crippen molar-refractivity contribution in [1.82, 2.24) is 24.7 Å². The first-order valence-electron chi connectivity index (χ1n) is 6.84. The smallest absolute Gasteiger partial charge is 0.256 e.